The van der Waals surface area contributed by atoms with Crippen molar-refractivity contribution in [3.8, 4) is 0 Å². The number of aliphatic imine (C=N–C) groups is 1. The van der Waals surface area contributed by atoms with E-state index in [0.29, 0.717) is 11.9 Å². The van der Waals surface area contributed by atoms with E-state index in [1.54, 1.807) is 0 Å². The van der Waals surface area contributed by atoms with Gasteiger partial charge in [-0.1, -0.05) is 32.0 Å². The third kappa shape index (κ3) is 5.87. The van der Waals surface area contributed by atoms with Crippen molar-refractivity contribution in [3.05, 3.63) is 36.5 Å². The highest BCUT2D eigenvalue weighted by atomic mass is 127. The Morgan fingerprint density at radius 3 is 2.82 bits per heavy atom. The van der Waals surface area contributed by atoms with Crippen LogP contribution in [0.5, 0.6) is 0 Å². The van der Waals surface area contributed by atoms with Gasteiger partial charge in [-0.05, 0) is 36.3 Å². The van der Waals surface area contributed by atoms with Gasteiger partial charge in [-0.3, -0.25) is 4.99 Å². The van der Waals surface area contributed by atoms with E-state index >= 15 is 0 Å². The van der Waals surface area contributed by atoms with E-state index in [9.17, 15) is 0 Å². The van der Waals surface area contributed by atoms with Crippen LogP contribution in [-0.2, 0) is 6.54 Å². The minimum Gasteiger partial charge on any atom is -0.370 e. The Bertz CT molecular complexity index is 589. The standard InChI is InChI=1S/C17H26N4.HI/c1-14(2)8-11-20-17(18)19-10-5-12-21-13-9-15-6-3-4-7-16(15)21;/h3-4,6-7,9,13-14H,5,8,10-12H2,1-2H3,(H3,18,19,20);1H. The van der Waals surface area contributed by atoms with Gasteiger partial charge in [0.05, 0.1) is 0 Å². The molecule has 5 heteroatoms. The molecular formula is C17H27IN4. The monoisotopic (exact) mass is 414 g/mol. The van der Waals surface area contributed by atoms with Crippen LogP contribution < -0.4 is 11.1 Å². The molecule has 0 aliphatic heterocycles. The van der Waals surface area contributed by atoms with E-state index in [1.807, 2.05) is 0 Å². The number of nitrogens with zero attached hydrogens (tertiary/aromatic N) is 2. The number of guanidine groups is 1. The first-order valence-electron chi connectivity index (χ1n) is 7.74. The van der Waals surface area contributed by atoms with Crippen molar-refractivity contribution in [3.63, 3.8) is 0 Å². The molecule has 0 aliphatic carbocycles. The van der Waals surface area contributed by atoms with Crippen LogP contribution in [0.3, 0.4) is 0 Å². The second-order valence-electron chi connectivity index (χ2n) is 5.80. The zero-order valence-corrected chi connectivity index (χ0v) is 15.8. The SMILES string of the molecule is CC(C)CCNC(N)=NCCCn1ccc2ccccc21.I. The van der Waals surface area contributed by atoms with Crippen molar-refractivity contribution >= 4 is 40.8 Å². The summed E-state index contributed by atoms with van der Waals surface area (Å²) in [5.74, 6) is 1.25. The Kier molecular flexibility index (Phi) is 8.30. The topological polar surface area (TPSA) is 55.3 Å². The van der Waals surface area contributed by atoms with Gasteiger partial charge in [0, 0.05) is 31.3 Å². The van der Waals surface area contributed by atoms with Crippen LogP contribution in [0.2, 0.25) is 0 Å². The summed E-state index contributed by atoms with van der Waals surface area (Å²) in [6.07, 6.45) is 4.25. The summed E-state index contributed by atoms with van der Waals surface area (Å²) in [7, 11) is 0. The molecule has 122 valence electrons. The van der Waals surface area contributed by atoms with Gasteiger partial charge < -0.3 is 15.6 Å². The summed E-state index contributed by atoms with van der Waals surface area (Å²) in [6.45, 7) is 7.03. The first-order valence-corrected chi connectivity index (χ1v) is 7.74. The van der Waals surface area contributed by atoms with Crippen molar-refractivity contribution in [1.29, 1.82) is 0 Å². The summed E-state index contributed by atoms with van der Waals surface area (Å²) in [5, 5.41) is 4.45. The predicted octanol–water partition coefficient (Wildman–Crippen LogP) is 3.60. The van der Waals surface area contributed by atoms with Crippen molar-refractivity contribution in [2.45, 2.75) is 33.2 Å². The fourth-order valence-corrected chi connectivity index (χ4v) is 2.32. The molecule has 0 saturated heterocycles. The maximum absolute atomic E-state index is 5.84. The van der Waals surface area contributed by atoms with Crippen molar-refractivity contribution in [1.82, 2.24) is 9.88 Å². The molecule has 0 aliphatic rings. The van der Waals surface area contributed by atoms with E-state index in [0.717, 1.165) is 32.5 Å². The molecule has 0 radical (unpaired) electrons. The van der Waals surface area contributed by atoms with Gasteiger partial charge in [0.2, 0.25) is 0 Å². The molecule has 0 saturated carbocycles. The van der Waals surface area contributed by atoms with Crippen LogP contribution in [-0.4, -0.2) is 23.6 Å². The van der Waals surface area contributed by atoms with Crippen molar-refractivity contribution in [2.24, 2.45) is 16.6 Å². The number of para-hydroxylation sites is 1. The number of rotatable bonds is 7. The van der Waals surface area contributed by atoms with Gasteiger partial charge in [-0.25, -0.2) is 0 Å². The molecule has 1 heterocycles. The second-order valence-corrected chi connectivity index (χ2v) is 5.80. The number of benzene rings is 1. The molecule has 0 spiro atoms. The van der Waals surface area contributed by atoms with E-state index in [1.165, 1.54) is 10.9 Å². The van der Waals surface area contributed by atoms with Crippen molar-refractivity contribution in [2.75, 3.05) is 13.1 Å². The molecule has 0 bridgehead atoms. The molecule has 3 N–H and O–H groups in total. The Hall–Kier alpha value is -1.24. The number of nitrogens with one attached hydrogen (secondary N) is 1. The molecule has 2 aromatic rings. The fraction of sp³-hybridized carbons (Fsp3) is 0.471. The van der Waals surface area contributed by atoms with Gasteiger partial charge in [0.15, 0.2) is 5.96 Å². The highest BCUT2D eigenvalue weighted by Gasteiger charge is 1.99. The Balaban J connectivity index is 0.00000242. The van der Waals surface area contributed by atoms with Gasteiger partial charge in [0.1, 0.15) is 0 Å². The molecule has 2 rings (SSSR count). The maximum atomic E-state index is 5.84. The molecule has 0 unspecified atom stereocenters. The number of hydrogen-bond donors (Lipinski definition) is 2. The Morgan fingerprint density at radius 2 is 2.05 bits per heavy atom. The molecule has 0 amide bonds. The predicted molar refractivity (Wildman–Crippen MR) is 106 cm³/mol. The lowest BCUT2D eigenvalue weighted by Gasteiger charge is -2.08. The van der Waals surface area contributed by atoms with E-state index in [-0.39, 0.29) is 24.0 Å². The highest BCUT2D eigenvalue weighted by molar-refractivity contribution is 14.0. The number of nitrogens with two attached hydrogens (primary N) is 1. The van der Waals surface area contributed by atoms with Crippen LogP contribution in [0, 0.1) is 5.92 Å². The Morgan fingerprint density at radius 1 is 1.27 bits per heavy atom. The zero-order valence-electron chi connectivity index (χ0n) is 13.5. The average molecular weight is 414 g/mol. The summed E-state index contributed by atoms with van der Waals surface area (Å²) in [4.78, 5) is 4.37. The van der Waals surface area contributed by atoms with Gasteiger partial charge in [-0.15, -0.1) is 24.0 Å². The first kappa shape index (κ1) is 18.8. The third-order valence-corrected chi connectivity index (χ3v) is 3.55. The van der Waals surface area contributed by atoms with Gasteiger partial charge >= 0.3 is 0 Å². The summed E-state index contributed by atoms with van der Waals surface area (Å²) >= 11 is 0. The molecule has 0 atom stereocenters. The zero-order chi connectivity index (χ0) is 15.1. The number of aryl methyl sites for hydroxylation is 1. The molecule has 1 aromatic carbocycles. The van der Waals surface area contributed by atoms with Gasteiger partial charge in [0.25, 0.3) is 0 Å². The molecule has 4 nitrogen and oxygen atoms in total. The fourth-order valence-electron chi connectivity index (χ4n) is 2.32. The lowest BCUT2D eigenvalue weighted by Crippen LogP contribution is -2.33. The lowest BCUT2D eigenvalue weighted by molar-refractivity contribution is 0.576. The average Bonchev–Trinajstić information content (AvgIpc) is 2.86. The normalized spacial score (nSPS) is 11.7. The maximum Gasteiger partial charge on any atom is 0.188 e. The minimum atomic E-state index is 0. The van der Waals surface area contributed by atoms with Crippen LogP contribution in [0.1, 0.15) is 26.7 Å². The quantitative estimate of drug-likeness (QED) is 0.315. The number of fused-ring (bicyclic) bond motifs is 1. The Labute approximate surface area is 150 Å². The molecular weight excluding hydrogens is 387 g/mol. The minimum absolute atomic E-state index is 0. The largest absolute Gasteiger partial charge is 0.370 e. The summed E-state index contributed by atoms with van der Waals surface area (Å²) < 4.78 is 2.27. The van der Waals surface area contributed by atoms with Gasteiger partial charge in [-0.2, -0.15) is 0 Å². The van der Waals surface area contributed by atoms with E-state index in [4.69, 9.17) is 5.73 Å². The summed E-state index contributed by atoms with van der Waals surface area (Å²) in [6, 6.07) is 10.6. The lowest BCUT2D eigenvalue weighted by atomic mass is 10.1. The number of hydrogen-bond acceptors (Lipinski definition) is 1. The van der Waals surface area contributed by atoms with Crippen LogP contribution in [0.15, 0.2) is 41.5 Å². The van der Waals surface area contributed by atoms with E-state index < -0.39 is 0 Å². The molecule has 22 heavy (non-hydrogen) atoms. The van der Waals surface area contributed by atoms with Crippen LogP contribution >= 0.6 is 24.0 Å². The molecule has 1 aromatic heterocycles. The summed E-state index contributed by atoms with van der Waals surface area (Å²) in [5.41, 5.74) is 7.12. The first-order chi connectivity index (χ1) is 10.2. The highest BCUT2D eigenvalue weighted by Crippen LogP contribution is 2.15. The molecule has 0 fully saturated rings. The smallest absolute Gasteiger partial charge is 0.188 e. The van der Waals surface area contributed by atoms with Crippen molar-refractivity contribution < 1.29 is 0 Å². The van der Waals surface area contributed by atoms with Crippen LogP contribution in [0.25, 0.3) is 10.9 Å². The third-order valence-electron chi connectivity index (χ3n) is 3.55. The van der Waals surface area contributed by atoms with E-state index in [2.05, 4.69) is 65.3 Å². The number of halogens is 1. The number of aromatic nitrogens is 1. The second kappa shape index (κ2) is 9.71. The van der Waals surface area contributed by atoms with Crippen LogP contribution in [0.4, 0.5) is 0 Å².